The summed E-state index contributed by atoms with van der Waals surface area (Å²) < 4.78 is 0. The molecule has 1 aliphatic carbocycles. The molecule has 0 spiro atoms. The van der Waals surface area contributed by atoms with E-state index in [1.54, 1.807) is 0 Å². The molecular formula is C32H36N4O3. The van der Waals surface area contributed by atoms with Crippen LogP contribution in [-0.2, 0) is 11.2 Å². The van der Waals surface area contributed by atoms with Crippen LogP contribution >= 0.6 is 0 Å². The van der Waals surface area contributed by atoms with Crippen molar-refractivity contribution >= 4 is 41.6 Å². The molecule has 2 aliphatic heterocycles. The Morgan fingerprint density at radius 2 is 1.67 bits per heavy atom. The second kappa shape index (κ2) is 8.70. The highest BCUT2D eigenvalue weighted by atomic mass is 16.4. The molecule has 1 unspecified atom stereocenters. The summed E-state index contributed by atoms with van der Waals surface area (Å²) in [7, 11) is 0. The highest BCUT2D eigenvalue weighted by Gasteiger charge is 2.44. The molecular weight excluding hydrogens is 488 g/mol. The number of carbonyl (C=O) groups is 1. The van der Waals surface area contributed by atoms with Gasteiger partial charge in [-0.15, -0.1) is 0 Å². The van der Waals surface area contributed by atoms with E-state index in [-0.39, 0.29) is 23.6 Å². The first-order valence-corrected chi connectivity index (χ1v) is 13.7. The van der Waals surface area contributed by atoms with Crippen LogP contribution in [0.5, 0.6) is 0 Å². The van der Waals surface area contributed by atoms with Gasteiger partial charge in [-0.2, -0.15) is 0 Å². The molecule has 202 valence electrons. The van der Waals surface area contributed by atoms with Crippen molar-refractivity contribution in [2.24, 2.45) is 17.8 Å². The fourth-order valence-corrected chi connectivity index (χ4v) is 6.88. The summed E-state index contributed by atoms with van der Waals surface area (Å²) in [5, 5.41) is 28.5. The highest BCUT2D eigenvalue weighted by Crippen LogP contribution is 2.39. The zero-order valence-corrected chi connectivity index (χ0v) is 23.3. The van der Waals surface area contributed by atoms with Gasteiger partial charge in [-0.1, -0.05) is 33.4 Å². The summed E-state index contributed by atoms with van der Waals surface area (Å²) in [6.45, 7) is 16.7. The molecule has 7 nitrogen and oxygen atoms in total. The largest absolute Gasteiger partial charge is 0.510 e. The second-order valence-corrected chi connectivity index (χ2v) is 11.3. The van der Waals surface area contributed by atoms with Gasteiger partial charge in [-0.3, -0.25) is 4.79 Å². The van der Waals surface area contributed by atoms with E-state index in [0.29, 0.717) is 16.1 Å². The van der Waals surface area contributed by atoms with Crippen molar-refractivity contribution in [3.8, 4) is 0 Å². The van der Waals surface area contributed by atoms with Gasteiger partial charge in [-0.05, 0) is 79.2 Å². The van der Waals surface area contributed by atoms with Crippen LogP contribution in [0.1, 0.15) is 65.7 Å². The molecule has 5 heterocycles. The third kappa shape index (κ3) is 3.45. The molecule has 0 amide bonds. The Morgan fingerprint density at radius 3 is 2.33 bits per heavy atom. The summed E-state index contributed by atoms with van der Waals surface area (Å²) in [6.07, 6.45) is 9.14. The van der Waals surface area contributed by atoms with Crippen molar-refractivity contribution in [3.05, 3.63) is 78.4 Å². The van der Waals surface area contributed by atoms with E-state index in [0.717, 1.165) is 56.6 Å². The number of carboxylic acids is 1. The Bertz CT molecular complexity index is 1860. The first-order chi connectivity index (χ1) is 18.6. The van der Waals surface area contributed by atoms with Crippen molar-refractivity contribution < 1.29 is 15.0 Å². The molecule has 3 aromatic heterocycles. The lowest BCUT2D eigenvalue weighted by Crippen LogP contribution is -2.36. The number of rotatable bonds is 3. The zero-order chi connectivity index (χ0) is 27.9. The van der Waals surface area contributed by atoms with Crippen LogP contribution in [0, 0.1) is 38.5 Å². The maximum Gasteiger partial charge on any atom is 0.318 e. The fourth-order valence-electron chi connectivity index (χ4n) is 6.88. The van der Waals surface area contributed by atoms with Crippen LogP contribution in [-0.4, -0.2) is 37.2 Å². The Morgan fingerprint density at radius 1 is 0.974 bits per heavy atom. The normalized spacial score (nSPS) is 26.4. The third-order valence-electron chi connectivity index (χ3n) is 9.38. The van der Waals surface area contributed by atoms with Crippen molar-refractivity contribution in [3.63, 3.8) is 0 Å². The number of hydrogen-bond acceptors (Lipinski definition) is 3. The van der Waals surface area contributed by atoms with Crippen LogP contribution in [0.2, 0.25) is 0 Å². The Hall–Kier alpha value is -4.13. The van der Waals surface area contributed by atoms with Crippen molar-refractivity contribution in [2.45, 2.75) is 54.0 Å². The molecule has 0 aromatic carbocycles. The number of allylic oxidation sites excluding steroid dienone is 1. The average molecular weight is 525 g/mol. The summed E-state index contributed by atoms with van der Waals surface area (Å²) in [4.78, 5) is 23.3. The number of aromatic amines is 3. The van der Waals surface area contributed by atoms with Gasteiger partial charge in [0.15, 0.2) is 0 Å². The monoisotopic (exact) mass is 524 g/mol. The standard InChI is InChI=1S/C32H36N4O3/c1-8-18-15(5)21-10-20-13(3)14(4)29(35-20)27-28(32(38)39)31(37)26-17(7)23(36-30(26)27)12-25-19(9-2)16(6)22(34-25)11-24(18)33-21/h8,10-14,28-29,33-37H,1,9H2,2-7H3,(H,38,39)/b20-10-,22-11-,25-12-/t13-,14-,28+,29?/m0/s1. The summed E-state index contributed by atoms with van der Waals surface area (Å²) >= 11 is 0. The predicted octanol–water partition coefficient (Wildman–Crippen LogP) is 2.59. The lowest BCUT2D eigenvalue weighted by Gasteiger charge is -2.23. The highest BCUT2D eigenvalue weighted by molar-refractivity contribution is 5.94. The van der Waals surface area contributed by atoms with Gasteiger partial charge in [-0.25, -0.2) is 0 Å². The molecule has 6 rings (SSSR count). The molecule has 39 heavy (non-hydrogen) atoms. The van der Waals surface area contributed by atoms with Crippen LogP contribution in [0.4, 0.5) is 0 Å². The van der Waals surface area contributed by atoms with Crippen LogP contribution in [0.25, 0.3) is 35.6 Å². The van der Waals surface area contributed by atoms with Crippen molar-refractivity contribution in [1.82, 2.24) is 20.3 Å². The molecule has 0 saturated carbocycles. The van der Waals surface area contributed by atoms with Crippen LogP contribution < -0.4 is 26.6 Å². The number of H-pyrrole nitrogens is 3. The first kappa shape index (κ1) is 25.2. The molecule has 1 saturated heterocycles. The number of carboxylic acid groups (broad SMARTS) is 1. The minimum atomic E-state index is -1.09. The fraction of sp³-hybridized carbons (Fsp3) is 0.344. The van der Waals surface area contributed by atoms with Gasteiger partial charge < -0.3 is 30.5 Å². The number of aliphatic hydroxyl groups is 1. The van der Waals surface area contributed by atoms with Gasteiger partial charge >= 0.3 is 5.97 Å². The van der Waals surface area contributed by atoms with Gasteiger partial charge in [0.25, 0.3) is 0 Å². The Kier molecular flexibility index (Phi) is 5.61. The van der Waals surface area contributed by atoms with Gasteiger partial charge in [0.05, 0.1) is 11.4 Å². The molecule has 1 fully saturated rings. The lowest BCUT2D eigenvalue weighted by atomic mass is 9.84. The second-order valence-electron chi connectivity index (χ2n) is 11.3. The zero-order valence-electron chi connectivity index (χ0n) is 23.3. The minimum Gasteiger partial charge on any atom is -0.510 e. The van der Waals surface area contributed by atoms with E-state index in [1.165, 1.54) is 11.1 Å². The van der Waals surface area contributed by atoms with Gasteiger partial charge in [0.2, 0.25) is 0 Å². The number of aromatic nitrogens is 3. The van der Waals surface area contributed by atoms with E-state index < -0.39 is 11.9 Å². The smallest absolute Gasteiger partial charge is 0.318 e. The van der Waals surface area contributed by atoms with Crippen molar-refractivity contribution in [1.29, 1.82) is 0 Å². The molecule has 4 atom stereocenters. The van der Waals surface area contributed by atoms with E-state index in [4.69, 9.17) is 0 Å². The maximum absolute atomic E-state index is 12.5. The van der Waals surface area contributed by atoms with Crippen LogP contribution in [0.15, 0.2) is 12.3 Å². The number of aliphatic hydroxyl groups excluding tert-OH is 1. The number of hydrogen-bond donors (Lipinski definition) is 6. The number of fused-ring (bicyclic) bond motifs is 8. The van der Waals surface area contributed by atoms with E-state index in [1.807, 2.05) is 13.0 Å². The van der Waals surface area contributed by atoms with Gasteiger partial charge in [0.1, 0.15) is 11.7 Å². The summed E-state index contributed by atoms with van der Waals surface area (Å²) in [5.41, 5.74) is 10.0. The Balaban J connectivity index is 1.76. The van der Waals surface area contributed by atoms with Gasteiger partial charge in [0, 0.05) is 50.2 Å². The third-order valence-corrected chi connectivity index (χ3v) is 9.38. The molecule has 3 aromatic rings. The first-order valence-electron chi connectivity index (χ1n) is 13.7. The Labute approximate surface area is 227 Å². The average Bonchev–Trinajstić information content (AvgIpc) is 3.62. The summed E-state index contributed by atoms with van der Waals surface area (Å²) in [6, 6.07) is -0.250. The minimum absolute atomic E-state index is 0.0889. The van der Waals surface area contributed by atoms with Crippen LogP contribution in [0.3, 0.4) is 0 Å². The molecule has 7 heteroatoms. The topological polar surface area (TPSA) is 117 Å². The van der Waals surface area contributed by atoms with E-state index >= 15 is 0 Å². The number of aliphatic carboxylic acids is 1. The van der Waals surface area contributed by atoms with Crippen molar-refractivity contribution in [2.75, 3.05) is 0 Å². The number of nitrogens with one attached hydrogen (secondary N) is 4. The molecule has 6 N–H and O–H groups in total. The molecule has 0 radical (unpaired) electrons. The lowest BCUT2D eigenvalue weighted by molar-refractivity contribution is -0.138. The maximum atomic E-state index is 12.5. The van der Waals surface area contributed by atoms with E-state index in [2.05, 4.69) is 79.7 Å². The predicted molar refractivity (Wildman–Crippen MR) is 155 cm³/mol. The quantitative estimate of drug-likeness (QED) is 0.316. The summed E-state index contributed by atoms with van der Waals surface area (Å²) in [5.74, 6) is -1.95. The molecule has 3 aliphatic rings. The van der Waals surface area contributed by atoms with E-state index in [9.17, 15) is 15.0 Å². The SMILES string of the molecule is C=Cc1c2[nH]c(c1C)/C=C1\NC(C3=c4[nH]c(c(C)c4=C(O)[C@@H]3C(=O)O)/C=c3\[nH]/c(c(C)c3CC)=C\2)[C@@H](C)[C@@H]1C. The molecule has 8 bridgehead atoms.